The Balaban J connectivity index is 1.28. The monoisotopic (exact) mass is 488 g/mol. The summed E-state index contributed by atoms with van der Waals surface area (Å²) in [6, 6.07) is 0. The molecule has 7 nitrogen and oxygen atoms in total. The van der Waals surface area contributed by atoms with Crippen LogP contribution in [0, 0.1) is 0 Å². The molecular weight excluding hydrogens is 448 g/mol. The van der Waals surface area contributed by atoms with Crippen LogP contribution in [0.15, 0.2) is 0 Å². The third-order valence-corrected chi connectivity index (χ3v) is 10.2. The number of hydrogen-bond donors (Lipinski definition) is 1. The molecule has 0 saturated carbocycles. The van der Waals surface area contributed by atoms with E-state index in [1.165, 1.54) is 18.6 Å². The lowest BCUT2D eigenvalue weighted by Gasteiger charge is -2.40. The van der Waals surface area contributed by atoms with Gasteiger partial charge in [-0.05, 0) is 73.0 Å². The Morgan fingerprint density at radius 1 is 1.19 bits per heavy atom. The summed E-state index contributed by atoms with van der Waals surface area (Å²) in [6.45, 7) is 8.76. The molecule has 184 valence electrons. The van der Waals surface area contributed by atoms with Gasteiger partial charge in [0.05, 0.1) is 0 Å². The Hall–Kier alpha value is -0.0300. The quantitative estimate of drug-likeness (QED) is 0.298. The second-order valence-electron chi connectivity index (χ2n) is 10.3. The normalized spacial score (nSPS) is 36.3. The van der Waals surface area contributed by atoms with Crippen LogP contribution in [0.1, 0.15) is 65.7 Å². The van der Waals surface area contributed by atoms with E-state index in [2.05, 4.69) is 17.1 Å². The van der Waals surface area contributed by atoms with Crippen LogP contribution in [-0.4, -0.2) is 84.5 Å². The first-order chi connectivity index (χ1) is 15.3. The SMILES string of the molecule is CNC1(C)CCN(C[C@H]2O[C@@H]3OC(C)(C)O[C@@H]3[C@H]2OC(=O)CCCCC2CCSS2)CC1. The molecule has 4 heterocycles. The van der Waals surface area contributed by atoms with Crippen LogP contribution in [0.4, 0.5) is 0 Å². The van der Waals surface area contributed by atoms with Crippen molar-refractivity contribution >= 4 is 27.6 Å². The Morgan fingerprint density at radius 3 is 2.66 bits per heavy atom. The lowest BCUT2D eigenvalue weighted by Crippen LogP contribution is -2.52. The van der Waals surface area contributed by atoms with Crippen molar-refractivity contribution in [1.29, 1.82) is 0 Å². The average molecular weight is 489 g/mol. The summed E-state index contributed by atoms with van der Waals surface area (Å²) in [4.78, 5) is 15.1. The Morgan fingerprint density at radius 2 is 1.97 bits per heavy atom. The molecule has 0 bridgehead atoms. The van der Waals surface area contributed by atoms with E-state index in [1.807, 2.05) is 42.5 Å². The molecule has 4 saturated heterocycles. The standard InChI is InChI=1S/C23H40N2O5S2/c1-22(2)29-20-19(28-18(26)8-6-5-7-16-9-14-31-32-16)17(27-21(20)30-22)15-25-12-10-23(3,24-4)11-13-25/h16-17,19-21,24H,5-15H2,1-4H3/t16?,17-,19+,20-,21-/m1/s1. The Bertz CT molecular complexity index is 638. The van der Waals surface area contributed by atoms with Crippen LogP contribution in [0.3, 0.4) is 0 Å². The Labute approximate surface area is 200 Å². The molecule has 9 heteroatoms. The minimum atomic E-state index is -0.721. The summed E-state index contributed by atoms with van der Waals surface area (Å²) in [5.74, 6) is 0.390. The molecule has 0 aliphatic carbocycles. The number of rotatable bonds is 9. The van der Waals surface area contributed by atoms with E-state index in [9.17, 15) is 4.79 Å². The molecule has 32 heavy (non-hydrogen) atoms. The number of likely N-dealkylation sites (tertiary alicyclic amines) is 1. The molecule has 0 spiro atoms. The van der Waals surface area contributed by atoms with Crippen molar-refractivity contribution in [3.8, 4) is 0 Å². The first kappa shape index (κ1) is 25.1. The van der Waals surface area contributed by atoms with Gasteiger partial charge in [0.2, 0.25) is 0 Å². The maximum Gasteiger partial charge on any atom is 0.306 e. The van der Waals surface area contributed by atoms with E-state index in [4.69, 9.17) is 18.9 Å². The van der Waals surface area contributed by atoms with Gasteiger partial charge < -0.3 is 29.2 Å². The van der Waals surface area contributed by atoms with Crippen LogP contribution in [0.5, 0.6) is 0 Å². The van der Waals surface area contributed by atoms with Crippen LogP contribution < -0.4 is 5.32 Å². The topological polar surface area (TPSA) is 69.3 Å². The van der Waals surface area contributed by atoms with Crippen molar-refractivity contribution in [1.82, 2.24) is 10.2 Å². The third kappa shape index (κ3) is 6.34. The van der Waals surface area contributed by atoms with Gasteiger partial charge in [-0.1, -0.05) is 28.0 Å². The number of hydrogen-bond acceptors (Lipinski definition) is 9. The zero-order valence-corrected chi connectivity index (χ0v) is 21.6. The number of nitrogens with one attached hydrogen (secondary N) is 1. The smallest absolute Gasteiger partial charge is 0.306 e. The maximum absolute atomic E-state index is 12.7. The number of unbranched alkanes of at least 4 members (excludes halogenated alkanes) is 1. The maximum atomic E-state index is 12.7. The van der Waals surface area contributed by atoms with Crippen LogP contribution in [0.2, 0.25) is 0 Å². The molecule has 0 aromatic rings. The van der Waals surface area contributed by atoms with Gasteiger partial charge in [0.15, 0.2) is 24.3 Å². The highest BCUT2D eigenvalue weighted by molar-refractivity contribution is 8.77. The molecule has 0 radical (unpaired) electrons. The Kier molecular flexibility index (Phi) is 8.39. The summed E-state index contributed by atoms with van der Waals surface area (Å²) in [7, 11) is 6.01. The van der Waals surface area contributed by atoms with Crippen LogP contribution >= 0.6 is 21.6 Å². The molecule has 4 aliphatic rings. The fourth-order valence-corrected chi connectivity index (χ4v) is 8.01. The number of ether oxygens (including phenoxy) is 4. The van der Waals surface area contributed by atoms with Crippen LogP contribution in [-0.2, 0) is 23.7 Å². The molecule has 4 rings (SSSR count). The van der Waals surface area contributed by atoms with E-state index in [0.717, 1.165) is 50.6 Å². The van der Waals surface area contributed by atoms with Gasteiger partial charge in [0.25, 0.3) is 0 Å². The van der Waals surface area contributed by atoms with Crippen LogP contribution in [0.25, 0.3) is 0 Å². The number of esters is 1. The van der Waals surface area contributed by atoms with Crippen molar-refractivity contribution in [3.05, 3.63) is 0 Å². The number of carbonyl (C=O) groups is 1. The van der Waals surface area contributed by atoms with Crippen molar-refractivity contribution < 1.29 is 23.7 Å². The molecule has 0 aromatic heterocycles. The molecular formula is C23H40N2O5S2. The second-order valence-corrected chi connectivity index (χ2v) is 13.1. The average Bonchev–Trinajstić information content (AvgIpc) is 3.44. The van der Waals surface area contributed by atoms with E-state index in [1.54, 1.807) is 0 Å². The second kappa shape index (κ2) is 10.7. The van der Waals surface area contributed by atoms with E-state index in [-0.39, 0.29) is 23.7 Å². The minimum absolute atomic E-state index is 0.146. The zero-order chi connectivity index (χ0) is 22.8. The van der Waals surface area contributed by atoms with Gasteiger partial charge in [-0.2, -0.15) is 0 Å². The number of fused-ring (bicyclic) bond motifs is 1. The number of piperidine rings is 1. The third-order valence-electron chi connectivity index (χ3n) is 7.24. The van der Waals surface area contributed by atoms with Gasteiger partial charge in [0.1, 0.15) is 6.10 Å². The predicted molar refractivity (Wildman–Crippen MR) is 129 cm³/mol. The summed E-state index contributed by atoms with van der Waals surface area (Å²) >= 11 is 0. The molecule has 4 aliphatic heterocycles. The lowest BCUT2D eigenvalue weighted by molar-refractivity contribution is -0.220. The first-order valence-electron chi connectivity index (χ1n) is 12.2. The van der Waals surface area contributed by atoms with E-state index >= 15 is 0 Å². The van der Waals surface area contributed by atoms with Gasteiger partial charge in [-0.3, -0.25) is 4.79 Å². The molecule has 4 fully saturated rings. The van der Waals surface area contributed by atoms with E-state index in [0.29, 0.717) is 6.42 Å². The number of carbonyl (C=O) groups excluding carboxylic acids is 1. The van der Waals surface area contributed by atoms with Gasteiger partial charge in [0, 0.05) is 29.5 Å². The highest BCUT2D eigenvalue weighted by atomic mass is 33.1. The molecule has 0 aromatic carbocycles. The summed E-state index contributed by atoms with van der Waals surface area (Å²) in [5.41, 5.74) is 0.196. The highest BCUT2D eigenvalue weighted by Gasteiger charge is 2.56. The van der Waals surface area contributed by atoms with Gasteiger partial charge in [-0.25, -0.2) is 0 Å². The summed E-state index contributed by atoms with van der Waals surface area (Å²) < 4.78 is 24.2. The summed E-state index contributed by atoms with van der Waals surface area (Å²) in [5, 5.41) is 4.20. The highest BCUT2D eigenvalue weighted by Crippen LogP contribution is 2.41. The predicted octanol–water partition coefficient (Wildman–Crippen LogP) is 3.56. The van der Waals surface area contributed by atoms with Crippen molar-refractivity contribution in [2.24, 2.45) is 0 Å². The van der Waals surface area contributed by atoms with Crippen molar-refractivity contribution in [2.75, 3.05) is 32.4 Å². The lowest BCUT2D eigenvalue weighted by atomic mass is 9.89. The molecule has 1 N–H and O–H groups in total. The van der Waals surface area contributed by atoms with Gasteiger partial charge in [-0.15, -0.1) is 0 Å². The molecule has 5 atom stereocenters. The minimum Gasteiger partial charge on any atom is -0.457 e. The zero-order valence-electron chi connectivity index (χ0n) is 20.0. The number of nitrogens with zero attached hydrogens (tertiary/aromatic N) is 1. The van der Waals surface area contributed by atoms with Crippen molar-refractivity contribution in [3.63, 3.8) is 0 Å². The fourth-order valence-electron chi connectivity index (χ4n) is 4.99. The van der Waals surface area contributed by atoms with Gasteiger partial charge >= 0.3 is 5.97 Å². The summed E-state index contributed by atoms with van der Waals surface area (Å²) in [6.07, 6.45) is 5.59. The molecule has 0 amide bonds. The molecule has 1 unspecified atom stereocenters. The fraction of sp³-hybridized carbons (Fsp3) is 0.957. The van der Waals surface area contributed by atoms with E-state index < -0.39 is 18.2 Å². The largest absolute Gasteiger partial charge is 0.457 e. The van der Waals surface area contributed by atoms with Crippen molar-refractivity contribution in [2.45, 2.75) is 107 Å². The first-order valence-corrected chi connectivity index (χ1v) is 14.6.